The van der Waals surface area contributed by atoms with Crippen molar-refractivity contribution in [1.82, 2.24) is 4.98 Å². The third-order valence-corrected chi connectivity index (χ3v) is 8.55. The minimum absolute atomic E-state index is 1.00. The van der Waals surface area contributed by atoms with Crippen LogP contribution in [-0.4, -0.2) is 13.1 Å². The van der Waals surface area contributed by atoms with Crippen molar-refractivity contribution in [2.75, 3.05) is 0 Å². The van der Waals surface area contributed by atoms with E-state index >= 15 is 0 Å². The van der Waals surface area contributed by atoms with Crippen LogP contribution >= 0.6 is 0 Å². The molecule has 1 aromatic rings. The van der Waals surface area contributed by atoms with Gasteiger partial charge in [0.05, 0.1) is 0 Å². The third-order valence-electron chi connectivity index (χ3n) is 3.20. The highest BCUT2D eigenvalue weighted by Crippen LogP contribution is 2.34. The Kier molecular flexibility index (Phi) is 2.01. The summed E-state index contributed by atoms with van der Waals surface area (Å²) < 4.78 is 0. The third kappa shape index (κ3) is 1.10. The van der Waals surface area contributed by atoms with Gasteiger partial charge in [0, 0.05) is 11.5 Å². The maximum absolute atomic E-state index is 4.51. The summed E-state index contributed by atoms with van der Waals surface area (Å²) in [6.45, 7) is 2.33. The Bertz CT molecular complexity index is 248. The van der Waals surface area contributed by atoms with E-state index in [1.807, 2.05) is 12.3 Å². The van der Waals surface area contributed by atoms with Crippen LogP contribution in [0.5, 0.6) is 0 Å². The van der Waals surface area contributed by atoms with Gasteiger partial charge in [-0.15, -0.1) is 0 Å². The maximum Gasteiger partial charge on any atom is 0.110 e. The molecule has 2 rings (SSSR count). The van der Waals surface area contributed by atoms with Crippen LogP contribution in [0, 0.1) is 0 Å². The van der Waals surface area contributed by atoms with Crippen LogP contribution in [0.2, 0.25) is 18.1 Å². The molecule has 0 bridgehead atoms. The number of aromatic nitrogens is 1. The van der Waals surface area contributed by atoms with Gasteiger partial charge < -0.3 is 0 Å². The Morgan fingerprint density at radius 3 is 2.67 bits per heavy atom. The van der Waals surface area contributed by atoms with E-state index < -0.39 is 8.07 Å². The van der Waals surface area contributed by atoms with E-state index in [0.29, 0.717) is 0 Å². The molecule has 2 heterocycles. The molecule has 1 saturated heterocycles. The first kappa shape index (κ1) is 7.99. The standard InChI is InChI=1S/C10H15NSi/c1-2-12(8-5-9-12)10-6-3-4-7-11-10/h3-4,6-7H,2,5,8-9H2,1H3. The zero-order chi connectivity index (χ0) is 8.44. The molecule has 1 aliphatic rings. The molecule has 0 saturated carbocycles. The maximum atomic E-state index is 4.51. The van der Waals surface area contributed by atoms with E-state index in [2.05, 4.69) is 24.0 Å². The molecule has 1 aliphatic heterocycles. The second-order valence-electron chi connectivity index (χ2n) is 3.70. The van der Waals surface area contributed by atoms with Gasteiger partial charge in [-0.05, 0) is 12.1 Å². The van der Waals surface area contributed by atoms with Crippen molar-refractivity contribution in [3.63, 3.8) is 0 Å². The zero-order valence-corrected chi connectivity index (χ0v) is 8.59. The number of nitrogens with zero attached hydrogens (tertiary/aromatic N) is 1. The van der Waals surface area contributed by atoms with Gasteiger partial charge in [0.25, 0.3) is 0 Å². The van der Waals surface area contributed by atoms with Gasteiger partial charge in [0.15, 0.2) is 0 Å². The number of pyridine rings is 1. The van der Waals surface area contributed by atoms with Gasteiger partial charge >= 0.3 is 0 Å². The minimum Gasteiger partial charge on any atom is -0.266 e. The van der Waals surface area contributed by atoms with Crippen LogP contribution < -0.4 is 5.32 Å². The number of hydrogen-bond acceptors (Lipinski definition) is 1. The Morgan fingerprint density at radius 1 is 1.42 bits per heavy atom. The number of hydrogen-bond donors (Lipinski definition) is 0. The van der Waals surface area contributed by atoms with Crippen LogP contribution in [0.4, 0.5) is 0 Å². The quantitative estimate of drug-likeness (QED) is 0.631. The van der Waals surface area contributed by atoms with E-state index in [4.69, 9.17) is 0 Å². The summed E-state index contributed by atoms with van der Waals surface area (Å²) in [5.74, 6) is 0. The summed E-state index contributed by atoms with van der Waals surface area (Å²) in [4.78, 5) is 4.51. The first-order chi connectivity index (χ1) is 5.87. The molecule has 0 N–H and O–H groups in total. The lowest BCUT2D eigenvalue weighted by Gasteiger charge is -2.38. The van der Waals surface area contributed by atoms with Gasteiger partial charge in [0.2, 0.25) is 0 Å². The fourth-order valence-corrected chi connectivity index (χ4v) is 5.66. The number of rotatable bonds is 2. The minimum atomic E-state index is -1.00. The molecule has 12 heavy (non-hydrogen) atoms. The Balaban J connectivity index is 2.28. The molecule has 2 heteroatoms. The molecule has 0 atom stereocenters. The largest absolute Gasteiger partial charge is 0.266 e. The van der Waals surface area contributed by atoms with Crippen LogP contribution in [-0.2, 0) is 0 Å². The molecule has 0 radical (unpaired) electrons. The Morgan fingerprint density at radius 2 is 2.25 bits per heavy atom. The smallest absolute Gasteiger partial charge is 0.110 e. The normalized spacial score (nSPS) is 20.1. The van der Waals surface area contributed by atoms with Crippen LogP contribution in [0.3, 0.4) is 0 Å². The predicted molar refractivity (Wildman–Crippen MR) is 54.3 cm³/mol. The second kappa shape index (κ2) is 3.02. The molecule has 0 amide bonds. The van der Waals surface area contributed by atoms with Crippen molar-refractivity contribution in [2.45, 2.75) is 31.5 Å². The van der Waals surface area contributed by atoms with Crippen molar-refractivity contribution in [2.24, 2.45) is 0 Å². The SMILES string of the molecule is CC[Si]1(c2ccccn2)CCC1. The summed E-state index contributed by atoms with van der Waals surface area (Å²) in [5.41, 5.74) is 0. The van der Waals surface area contributed by atoms with Crippen molar-refractivity contribution >= 4 is 13.4 Å². The molecular weight excluding hydrogens is 162 g/mol. The van der Waals surface area contributed by atoms with Gasteiger partial charge in [-0.1, -0.05) is 37.5 Å². The van der Waals surface area contributed by atoms with Crippen molar-refractivity contribution < 1.29 is 0 Å². The van der Waals surface area contributed by atoms with Gasteiger partial charge in [-0.2, -0.15) is 0 Å². The predicted octanol–water partition coefficient (Wildman–Crippen LogP) is 2.16. The van der Waals surface area contributed by atoms with E-state index in [0.717, 1.165) is 0 Å². The topological polar surface area (TPSA) is 12.9 Å². The van der Waals surface area contributed by atoms with Crippen molar-refractivity contribution in [1.29, 1.82) is 0 Å². The van der Waals surface area contributed by atoms with E-state index in [-0.39, 0.29) is 0 Å². The fraction of sp³-hybridized carbons (Fsp3) is 0.500. The van der Waals surface area contributed by atoms with Crippen LogP contribution in [0.15, 0.2) is 24.4 Å². The van der Waals surface area contributed by atoms with Gasteiger partial charge in [-0.3, -0.25) is 4.98 Å². The Labute approximate surface area is 74.9 Å². The summed E-state index contributed by atoms with van der Waals surface area (Å²) in [5, 5.41) is 1.44. The summed E-state index contributed by atoms with van der Waals surface area (Å²) in [6.07, 6.45) is 3.38. The molecule has 0 aromatic carbocycles. The highest BCUT2D eigenvalue weighted by atomic mass is 28.3. The van der Waals surface area contributed by atoms with E-state index in [9.17, 15) is 0 Å². The van der Waals surface area contributed by atoms with E-state index in [1.54, 1.807) is 0 Å². The van der Waals surface area contributed by atoms with Crippen LogP contribution in [0.25, 0.3) is 0 Å². The summed E-state index contributed by atoms with van der Waals surface area (Å²) >= 11 is 0. The first-order valence-corrected chi connectivity index (χ1v) is 7.41. The first-order valence-electron chi connectivity index (χ1n) is 4.79. The average molecular weight is 177 g/mol. The molecule has 0 aliphatic carbocycles. The highest BCUT2D eigenvalue weighted by molar-refractivity contribution is 6.93. The molecule has 0 unspecified atom stereocenters. The summed E-state index contributed by atoms with van der Waals surface area (Å²) in [6, 6.07) is 10.7. The monoisotopic (exact) mass is 177 g/mol. The molecule has 64 valence electrons. The zero-order valence-electron chi connectivity index (χ0n) is 7.59. The molecule has 0 spiro atoms. The van der Waals surface area contributed by atoms with Crippen molar-refractivity contribution in [3.8, 4) is 0 Å². The molecule has 1 fully saturated rings. The van der Waals surface area contributed by atoms with Gasteiger partial charge in [-0.25, -0.2) is 0 Å². The average Bonchev–Trinajstić information content (AvgIpc) is 2.05. The van der Waals surface area contributed by atoms with Crippen LogP contribution in [0.1, 0.15) is 13.3 Å². The molecular formula is C10H15NSi. The Hall–Kier alpha value is -0.633. The highest BCUT2D eigenvalue weighted by Gasteiger charge is 2.40. The van der Waals surface area contributed by atoms with E-state index in [1.165, 1.54) is 29.9 Å². The lowest BCUT2D eigenvalue weighted by atomic mass is 10.5. The van der Waals surface area contributed by atoms with Crippen molar-refractivity contribution in [3.05, 3.63) is 24.4 Å². The van der Waals surface area contributed by atoms with Gasteiger partial charge in [0.1, 0.15) is 8.07 Å². The summed E-state index contributed by atoms with van der Waals surface area (Å²) in [7, 11) is -1.00. The molecule has 1 nitrogen and oxygen atoms in total. The molecule has 1 aromatic heterocycles. The lowest BCUT2D eigenvalue weighted by Crippen LogP contribution is -2.53. The lowest BCUT2D eigenvalue weighted by molar-refractivity contribution is 0.891. The second-order valence-corrected chi connectivity index (χ2v) is 8.48. The fourth-order valence-electron chi connectivity index (χ4n) is 2.07.